The molecule has 0 aliphatic carbocycles. The molecule has 0 radical (unpaired) electrons. The third-order valence-corrected chi connectivity index (χ3v) is 5.09. The summed E-state index contributed by atoms with van der Waals surface area (Å²) in [5, 5.41) is 3.46. The lowest BCUT2D eigenvalue weighted by atomic mass is 9.91. The molecule has 0 spiro atoms. The van der Waals surface area contributed by atoms with Crippen molar-refractivity contribution >= 4 is 36.2 Å². The Kier molecular flexibility index (Phi) is 9.27. The molecule has 2 heterocycles. The Hall–Kier alpha value is 0.130. The molecule has 1 aromatic rings. The number of piperidine rings is 1. The van der Waals surface area contributed by atoms with Crippen LogP contribution in [0.3, 0.4) is 0 Å². The van der Waals surface area contributed by atoms with E-state index in [4.69, 9.17) is 10.7 Å². The van der Waals surface area contributed by atoms with Gasteiger partial charge in [-0.2, -0.15) is 0 Å². The van der Waals surface area contributed by atoms with Crippen LogP contribution in [0.15, 0.2) is 5.38 Å². The summed E-state index contributed by atoms with van der Waals surface area (Å²) in [5.41, 5.74) is 7.15. The largest absolute Gasteiger partial charge is 0.329 e. The van der Waals surface area contributed by atoms with Crippen LogP contribution in [0.1, 0.15) is 50.2 Å². The molecule has 1 fully saturated rings. The van der Waals surface area contributed by atoms with Gasteiger partial charge in [0.25, 0.3) is 0 Å². The smallest absolute Gasteiger partial charge is 0.0954 e. The molecule has 2 unspecified atom stereocenters. The second kappa shape index (κ2) is 9.21. The Morgan fingerprint density at radius 1 is 1.45 bits per heavy atom. The number of thiazole rings is 1. The quantitative estimate of drug-likeness (QED) is 0.909. The molecular weight excluding hydrogens is 313 g/mol. The molecule has 1 aliphatic heterocycles. The van der Waals surface area contributed by atoms with Crippen molar-refractivity contribution in [3.63, 3.8) is 0 Å². The Bertz CT molecular complexity index is 384. The number of nitrogens with two attached hydrogens (primary N) is 1. The van der Waals surface area contributed by atoms with Gasteiger partial charge in [0.2, 0.25) is 0 Å². The number of hydrogen-bond acceptors (Lipinski definition) is 4. The van der Waals surface area contributed by atoms with Crippen molar-refractivity contribution < 1.29 is 0 Å². The van der Waals surface area contributed by atoms with E-state index in [1.807, 2.05) is 0 Å². The van der Waals surface area contributed by atoms with Crippen LogP contribution in [-0.2, 0) is 6.54 Å². The first kappa shape index (κ1) is 20.1. The minimum Gasteiger partial charge on any atom is -0.329 e. The topological polar surface area (TPSA) is 42.2 Å². The van der Waals surface area contributed by atoms with Crippen molar-refractivity contribution in [3.05, 3.63) is 16.1 Å². The third kappa shape index (κ3) is 4.85. The van der Waals surface area contributed by atoms with Crippen LogP contribution in [0, 0.1) is 5.92 Å². The number of nitrogens with zero attached hydrogens (tertiary/aromatic N) is 2. The Labute approximate surface area is 139 Å². The molecule has 2 N–H and O–H groups in total. The van der Waals surface area contributed by atoms with Gasteiger partial charge in [-0.1, -0.05) is 20.8 Å². The third-order valence-electron chi connectivity index (χ3n) is 3.90. The van der Waals surface area contributed by atoms with Gasteiger partial charge in [-0.25, -0.2) is 4.98 Å². The van der Waals surface area contributed by atoms with Crippen molar-refractivity contribution in [2.24, 2.45) is 11.7 Å². The zero-order valence-electron chi connectivity index (χ0n) is 12.5. The van der Waals surface area contributed by atoms with E-state index >= 15 is 0 Å². The summed E-state index contributed by atoms with van der Waals surface area (Å²) in [4.78, 5) is 7.25. The van der Waals surface area contributed by atoms with Gasteiger partial charge >= 0.3 is 0 Å². The Morgan fingerprint density at radius 3 is 2.70 bits per heavy atom. The fraction of sp³-hybridized carbons (Fsp3) is 0.786. The number of aromatic nitrogens is 1. The molecule has 6 heteroatoms. The van der Waals surface area contributed by atoms with Gasteiger partial charge in [0, 0.05) is 30.4 Å². The minimum absolute atomic E-state index is 0. The van der Waals surface area contributed by atoms with Gasteiger partial charge in [0.1, 0.15) is 0 Å². The van der Waals surface area contributed by atoms with Gasteiger partial charge in [0.15, 0.2) is 0 Å². The normalized spacial score (nSPS) is 23.2. The number of rotatable bonds is 4. The van der Waals surface area contributed by atoms with Gasteiger partial charge < -0.3 is 5.73 Å². The molecule has 1 aliphatic rings. The maximum absolute atomic E-state index is 5.93. The van der Waals surface area contributed by atoms with E-state index < -0.39 is 0 Å². The molecule has 2 rings (SSSR count). The van der Waals surface area contributed by atoms with Crippen LogP contribution in [0.5, 0.6) is 0 Å². The summed E-state index contributed by atoms with van der Waals surface area (Å²) in [6.07, 6.45) is 2.60. The highest BCUT2D eigenvalue weighted by atomic mass is 35.5. The van der Waals surface area contributed by atoms with Crippen LogP contribution >= 0.6 is 36.2 Å². The molecule has 0 bridgehead atoms. The first-order valence-electron chi connectivity index (χ1n) is 7.00. The predicted molar refractivity (Wildman–Crippen MR) is 92.3 cm³/mol. The highest BCUT2D eigenvalue weighted by molar-refractivity contribution is 7.09. The highest BCUT2D eigenvalue weighted by Gasteiger charge is 2.27. The first-order valence-corrected chi connectivity index (χ1v) is 7.88. The maximum Gasteiger partial charge on any atom is 0.0954 e. The fourth-order valence-corrected chi connectivity index (χ4v) is 3.61. The van der Waals surface area contributed by atoms with Crippen molar-refractivity contribution in [2.45, 2.75) is 52.1 Å². The standard InChI is InChI=1S/C14H25N3S.2ClH/c1-10(2)14-16-12(9-18-14)8-17-6-4-5-11(3)13(17)7-15;;/h9-11,13H,4-8,15H2,1-3H3;2*1H. The Balaban J connectivity index is 0.00000180. The molecular formula is C14H27Cl2N3S. The van der Waals surface area contributed by atoms with E-state index in [-0.39, 0.29) is 24.8 Å². The average Bonchev–Trinajstić information content (AvgIpc) is 2.78. The van der Waals surface area contributed by atoms with Gasteiger partial charge in [-0.3, -0.25) is 4.90 Å². The summed E-state index contributed by atoms with van der Waals surface area (Å²) < 4.78 is 0. The molecule has 118 valence electrons. The van der Waals surface area contributed by atoms with Crippen molar-refractivity contribution in [3.8, 4) is 0 Å². The van der Waals surface area contributed by atoms with Gasteiger partial charge in [0.05, 0.1) is 10.7 Å². The summed E-state index contributed by atoms with van der Waals surface area (Å²) in [6, 6.07) is 0.531. The van der Waals surface area contributed by atoms with Crippen LogP contribution in [-0.4, -0.2) is 29.0 Å². The molecule has 20 heavy (non-hydrogen) atoms. The maximum atomic E-state index is 5.93. The lowest BCUT2D eigenvalue weighted by Crippen LogP contribution is -2.48. The summed E-state index contributed by atoms with van der Waals surface area (Å²) in [7, 11) is 0. The van der Waals surface area contributed by atoms with E-state index in [0.717, 1.165) is 13.1 Å². The van der Waals surface area contributed by atoms with E-state index in [9.17, 15) is 0 Å². The molecule has 0 aromatic carbocycles. The van der Waals surface area contributed by atoms with Crippen LogP contribution in [0.2, 0.25) is 0 Å². The van der Waals surface area contributed by atoms with E-state index in [0.29, 0.717) is 17.9 Å². The zero-order chi connectivity index (χ0) is 13.1. The second-order valence-corrected chi connectivity index (χ2v) is 6.61. The number of likely N-dealkylation sites (tertiary alicyclic amines) is 1. The highest BCUT2D eigenvalue weighted by Crippen LogP contribution is 2.26. The molecule has 0 amide bonds. The fourth-order valence-electron chi connectivity index (χ4n) is 2.78. The average molecular weight is 340 g/mol. The molecule has 0 saturated carbocycles. The monoisotopic (exact) mass is 339 g/mol. The van der Waals surface area contributed by atoms with E-state index in [1.54, 1.807) is 11.3 Å². The Morgan fingerprint density at radius 2 is 2.15 bits per heavy atom. The first-order chi connectivity index (χ1) is 8.61. The van der Waals surface area contributed by atoms with Crippen LogP contribution in [0.25, 0.3) is 0 Å². The number of halogens is 2. The van der Waals surface area contributed by atoms with Crippen molar-refractivity contribution in [1.82, 2.24) is 9.88 Å². The summed E-state index contributed by atoms with van der Waals surface area (Å²) >= 11 is 1.79. The minimum atomic E-state index is 0. The molecule has 1 saturated heterocycles. The van der Waals surface area contributed by atoms with Crippen molar-refractivity contribution in [1.29, 1.82) is 0 Å². The zero-order valence-corrected chi connectivity index (χ0v) is 15.0. The predicted octanol–water partition coefficient (Wildman–Crippen LogP) is 3.67. The van der Waals surface area contributed by atoms with Gasteiger partial charge in [-0.15, -0.1) is 36.2 Å². The van der Waals surface area contributed by atoms with Crippen LogP contribution in [0.4, 0.5) is 0 Å². The summed E-state index contributed by atoms with van der Waals surface area (Å²) in [6.45, 7) is 9.63. The lowest BCUT2D eigenvalue weighted by molar-refractivity contribution is 0.0979. The van der Waals surface area contributed by atoms with Crippen molar-refractivity contribution in [2.75, 3.05) is 13.1 Å². The van der Waals surface area contributed by atoms with Crippen LogP contribution < -0.4 is 5.73 Å². The molecule has 3 nitrogen and oxygen atoms in total. The summed E-state index contributed by atoms with van der Waals surface area (Å²) in [5.74, 6) is 1.25. The lowest BCUT2D eigenvalue weighted by Gasteiger charge is -2.39. The van der Waals surface area contributed by atoms with E-state index in [1.165, 1.54) is 30.1 Å². The molecule has 1 aromatic heterocycles. The molecule has 2 atom stereocenters. The number of hydrogen-bond donors (Lipinski definition) is 1. The SMILES string of the molecule is CC(C)c1nc(CN2CCCC(C)C2CN)cs1.Cl.Cl. The van der Waals surface area contributed by atoms with Gasteiger partial charge in [-0.05, 0) is 25.3 Å². The second-order valence-electron chi connectivity index (χ2n) is 5.72. The van der Waals surface area contributed by atoms with E-state index in [2.05, 4.69) is 31.1 Å².